The van der Waals surface area contributed by atoms with E-state index in [2.05, 4.69) is 16.9 Å². The summed E-state index contributed by atoms with van der Waals surface area (Å²) in [6, 6.07) is 7.53. The molecule has 0 saturated carbocycles. The van der Waals surface area contributed by atoms with Gasteiger partial charge in [0, 0.05) is 24.2 Å². The number of likely N-dealkylation sites (N-methyl/N-ethyl adjacent to an activating group) is 1. The second kappa shape index (κ2) is 9.32. The largest absolute Gasteiger partial charge is 0.350 e. The van der Waals surface area contributed by atoms with Gasteiger partial charge in [0.1, 0.15) is 11.6 Å². The van der Waals surface area contributed by atoms with Gasteiger partial charge in [-0.3, -0.25) is 14.2 Å². The fourth-order valence-electron chi connectivity index (χ4n) is 3.35. The second-order valence-electron chi connectivity index (χ2n) is 7.22. The number of nitrogens with zero attached hydrogens (tertiary/aromatic N) is 2. The Morgan fingerprint density at radius 1 is 1.29 bits per heavy atom. The Labute approximate surface area is 182 Å². The molecule has 9 heteroatoms. The summed E-state index contributed by atoms with van der Waals surface area (Å²) in [5, 5.41) is 3.09. The molecule has 0 aliphatic rings. The maximum Gasteiger partial charge on any atom is 0.262 e. The lowest BCUT2D eigenvalue weighted by Gasteiger charge is -2.26. The van der Waals surface area contributed by atoms with Gasteiger partial charge in [-0.25, -0.2) is 8.78 Å². The molecular weight excluding hydrogens is 422 g/mol. The molecule has 1 heterocycles. The lowest BCUT2D eigenvalue weighted by Crippen LogP contribution is -2.35. The van der Waals surface area contributed by atoms with Crippen molar-refractivity contribution in [3.63, 3.8) is 0 Å². The molecule has 2 aromatic carbocycles. The van der Waals surface area contributed by atoms with Crippen LogP contribution in [0.2, 0.25) is 0 Å². The summed E-state index contributed by atoms with van der Waals surface area (Å²) < 4.78 is 30.0. The predicted molar refractivity (Wildman–Crippen MR) is 119 cm³/mol. The normalized spacial score (nSPS) is 12.2. The summed E-state index contributed by atoms with van der Waals surface area (Å²) in [5.74, 6) is -1.80. The molecule has 1 amide bonds. The number of fused-ring (bicyclic) bond motifs is 1. The minimum absolute atomic E-state index is 0.0152. The van der Waals surface area contributed by atoms with Crippen LogP contribution in [0.25, 0.3) is 10.9 Å². The Morgan fingerprint density at radius 2 is 1.97 bits per heavy atom. The molecule has 1 aromatic heterocycles. The van der Waals surface area contributed by atoms with E-state index in [1.807, 2.05) is 0 Å². The number of amides is 1. The van der Waals surface area contributed by atoms with Crippen LogP contribution in [0.1, 0.15) is 22.0 Å². The monoisotopic (exact) mass is 444 g/mol. The van der Waals surface area contributed by atoms with Crippen molar-refractivity contribution in [2.45, 2.75) is 12.6 Å². The van der Waals surface area contributed by atoms with Gasteiger partial charge in [0.15, 0.2) is 4.77 Å². The first-order valence-corrected chi connectivity index (χ1v) is 9.91. The van der Waals surface area contributed by atoms with Gasteiger partial charge in [0.25, 0.3) is 11.5 Å². The van der Waals surface area contributed by atoms with Crippen LogP contribution in [0.4, 0.5) is 8.78 Å². The van der Waals surface area contributed by atoms with E-state index in [-0.39, 0.29) is 34.5 Å². The van der Waals surface area contributed by atoms with Gasteiger partial charge < -0.3 is 15.2 Å². The van der Waals surface area contributed by atoms with Gasteiger partial charge in [0.05, 0.1) is 16.9 Å². The summed E-state index contributed by atoms with van der Waals surface area (Å²) in [6.07, 6.45) is 1.57. The van der Waals surface area contributed by atoms with Crippen molar-refractivity contribution in [1.29, 1.82) is 0 Å². The van der Waals surface area contributed by atoms with E-state index in [0.29, 0.717) is 10.9 Å². The molecule has 1 atom stereocenters. The van der Waals surface area contributed by atoms with Crippen LogP contribution in [0.15, 0.2) is 53.8 Å². The molecule has 3 aromatic rings. The number of carbonyl (C=O) groups excluding carboxylic acids is 1. The van der Waals surface area contributed by atoms with E-state index in [9.17, 15) is 18.4 Å². The van der Waals surface area contributed by atoms with Crippen LogP contribution in [0.3, 0.4) is 0 Å². The third kappa shape index (κ3) is 4.62. The average molecular weight is 445 g/mol. The Balaban J connectivity index is 1.87. The molecule has 2 N–H and O–H groups in total. The number of rotatable bonds is 7. The number of aromatic amines is 1. The standard InChI is InChI=1S/C22H22F2N4O2S/c1-4-10-28-21(30)14-9-8-13(11-17(14)26-22(28)31)20(29)25-12-18(27(2)3)19-15(23)6-5-7-16(19)24/h4-9,11,18H,1,10,12H2,2-3H3,(H,25,29)(H,26,31). The third-order valence-corrected chi connectivity index (χ3v) is 5.29. The summed E-state index contributed by atoms with van der Waals surface area (Å²) in [6.45, 7) is 3.87. The predicted octanol–water partition coefficient (Wildman–Crippen LogP) is 3.56. The molecule has 0 radical (unpaired) electrons. The van der Waals surface area contributed by atoms with Crippen molar-refractivity contribution in [2.24, 2.45) is 0 Å². The van der Waals surface area contributed by atoms with Crippen molar-refractivity contribution in [1.82, 2.24) is 19.8 Å². The number of hydrogen-bond acceptors (Lipinski definition) is 4. The quantitative estimate of drug-likeness (QED) is 0.432. The Bertz CT molecular complexity index is 1250. The highest BCUT2D eigenvalue weighted by molar-refractivity contribution is 7.71. The van der Waals surface area contributed by atoms with E-state index >= 15 is 0 Å². The molecule has 1 unspecified atom stereocenters. The first kappa shape index (κ1) is 22.5. The molecule has 0 aliphatic heterocycles. The van der Waals surface area contributed by atoms with E-state index in [0.717, 1.165) is 0 Å². The second-order valence-corrected chi connectivity index (χ2v) is 7.61. The highest BCUT2D eigenvalue weighted by Gasteiger charge is 2.23. The molecule has 3 rings (SSSR count). The summed E-state index contributed by atoms with van der Waals surface area (Å²) in [5.41, 5.74) is 0.310. The number of halogens is 2. The molecule has 0 saturated heterocycles. The molecule has 0 aliphatic carbocycles. The molecule has 0 spiro atoms. The summed E-state index contributed by atoms with van der Waals surface area (Å²) in [4.78, 5) is 29.9. The molecule has 0 fully saturated rings. The number of aromatic nitrogens is 2. The average Bonchev–Trinajstić information content (AvgIpc) is 2.72. The topological polar surface area (TPSA) is 70.1 Å². The molecule has 162 valence electrons. The van der Waals surface area contributed by atoms with Crippen molar-refractivity contribution < 1.29 is 13.6 Å². The lowest BCUT2D eigenvalue weighted by atomic mass is 10.0. The number of benzene rings is 2. The van der Waals surface area contributed by atoms with Crippen LogP contribution in [-0.4, -0.2) is 41.0 Å². The maximum atomic E-state index is 14.2. The zero-order valence-electron chi connectivity index (χ0n) is 17.1. The number of nitrogens with one attached hydrogen (secondary N) is 2. The summed E-state index contributed by atoms with van der Waals surface area (Å²) >= 11 is 5.22. The minimum atomic E-state index is -0.706. The Hall–Kier alpha value is -3.17. The van der Waals surface area contributed by atoms with Gasteiger partial charge in [-0.05, 0) is 56.6 Å². The number of carbonyl (C=O) groups is 1. The smallest absolute Gasteiger partial charge is 0.262 e. The fraction of sp³-hybridized carbons (Fsp3) is 0.227. The van der Waals surface area contributed by atoms with Gasteiger partial charge in [-0.1, -0.05) is 12.1 Å². The first-order chi connectivity index (χ1) is 14.7. The number of hydrogen-bond donors (Lipinski definition) is 2. The van der Waals surface area contributed by atoms with Crippen LogP contribution in [-0.2, 0) is 6.54 Å². The van der Waals surface area contributed by atoms with Gasteiger partial charge in [0.2, 0.25) is 0 Å². The Morgan fingerprint density at radius 3 is 2.58 bits per heavy atom. The van der Waals surface area contributed by atoms with Gasteiger partial charge in [-0.15, -0.1) is 6.58 Å². The number of H-pyrrole nitrogens is 1. The van der Waals surface area contributed by atoms with Crippen LogP contribution < -0.4 is 10.9 Å². The lowest BCUT2D eigenvalue weighted by molar-refractivity contribution is 0.0941. The maximum absolute atomic E-state index is 14.2. The minimum Gasteiger partial charge on any atom is -0.350 e. The highest BCUT2D eigenvalue weighted by atomic mass is 32.1. The number of allylic oxidation sites excluding steroid dienone is 1. The van der Waals surface area contributed by atoms with Crippen LogP contribution in [0.5, 0.6) is 0 Å². The highest BCUT2D eigenvalue weighted by Crippen LogP contribution is 2.24. The molecular formula is C22H22F2N4O2S. The first-order valence-electron chi connectivity index (χ1n) is 9.51. The molecule has 0 bridgehead atoms. The zero-order valence-corrected chi connectivity index (χ0v) is 17.9. The van der Waals surface area contributed by atoms with Crippen molar-refractivity contribution in [3.8, 4) is 0 Å². The van der Waals surface area contributed by atoms with Crippen LogP contribution in [0, 0.1) is 16.4 Å². The van der Waals surface area contributed by atoms with E-state index in [1.54, 1.807) is 25.1 Å². The van der Waals surface area contributed by atoms with E-state index in [1.165, 1.54) is 41.0 Å². The third-order valence-electron chi connectivity index (χ3n) is 4.97. The molecule has 31 heavy (non-hydrogen) atoms. The summed E-state index contributed by atoms with van der Waals surface area (Å²) in [7, 11) is 3.35. The van der Waals surface area contributed by atoms with Crippen molar-refractivity contribution in [2.75, 3.05) is 20.6 Å². The van der Waals surface area contributed by atoms with Gasteiger partial charge >= 0.3 is 0 Å². The Kier molecular flexibility index (Phi) is 6.77. The van der Waals surface area contributed by atoms with E-state index in [4.69, 9.17) is 12.2 Å². The van der Waals surface area contributed by atoms with Crippen molar-refractivity contribution >= 4 is 29.0 Å². The van der Waals surface area contributed by atoms with E-state index < -0.39 is 23.6 Å². The van der Waals surface area contributed by atoms with Crippen molar-refractivity contribution in [3.05, 3.63) is 86.9 Å². The van der Waals surface area contributed by atoms with Crippen LogP contribution >= 0.6 is 12.2 Å². The SMILES string of the molecule is C=CCn1c(=S)[nH]c2cc(C(=O)NCC(c3c(F)cccc3F)N(C)C)ccc2c1=O. The zero-order chi connectivity index (χ0) is 22.7. The van der Waals surface area contributed by atoms with Gasteiger partial charge in [-0.2, -0.15) is 0 Å². The molecule has 6 nitrogen and oxygen atoms in total. The fourth-order valence-corrected chi connectivity index (χ4v) is 3.62.